The first-order chi connectivity index (χ1) is 12.7. The Morgan fingerprint density at radius 3 is 2.31 bits per heavy atom. The molecule has 4 heteroatoms. The molecule has 0 aliphatic carbocycles. The van der Waals surface area contributed by atoms with E-state index in [9.17, 15) is 5.11 Å². The van der Waals surface area contributed by atoms with Crippen molar-refractivity contribution in [2.75, 3.05) is 6.54 Å². The molecule has 134 valence electrons. The van der Waals surface area contributed by atoms with Crippen molar-refractivity contribution in [3.8, 4) is 5.75 Å². The topological polar surface area (TPSA) is 41.5 Å². The van der Waals surface area contributed by atoms with Crippen LogP contribution in [0.25, 0.3) is 0 Å². The summed E-state index contributed by atoms with van der Waals surface area (Å²) in [6.45, 7) is 1.64. The van der Waals surface area contributed by atoms with Gasteiger partial charge in [-0.25, -0.2) is 0 Å². The predicted molar refractivity (Wildman–Crippen MR) is 105 cm³/mol. The maximum atomic E-state index is 10.1. The van der Waals surface area contributed by atoms with Crippen molar-refractivity contribution in [2.24, 2.45) is 0 Å². The molecular weight excluding hydrogens is 346 g/mol. The van der Waals surface area contributed by atoms with Gasteiger partial charge in [-0.05, 0) is 29.3 Å². The number of rotatable bonds is 8. The fourth-order valence-corrected chi connectivity index (χ4v) is 2.82. The van der Waals surface area contributed by atoms with Gasteiger partial charge in [-0.2, -0.15) is 0 Å². The van der Waals surface area contributed by atoms with Crippen LogP contribution in [-0.2, 0) is 13.2 Å². The first-order valence-electron chi connectivity index (χ1n) is 8.61. The fraction of sp³-hybridized carbons (Fsp3) is 0.182. The smallest absolute Gasteiger partial charge is 0.119 e. The van der Waals surface area contributed by atoms with Gasteiger partial charge in [-0.3, -0.25) is 0 Å². The van der Waals surface area contributed by atoms with Crippen LogP contribution < -0.4 is 10.1 Å². The summed E-state index contributed by atoms with van der Waals surface area (Å²) in [6, 6.07) is 25.3. The second-order valence-corrected chi connectivity index (χ2v) is 6.49. The Labute approximate surface area is 159 Å². The Balaban J connectivity index is 1.45. The van der Waals surface area contributed by atoms with Crippen LogP contribution in [-0.4, -0.2) is 11.7 Å². The van der Waals surface area contributed by atoms with Crippen molar-refractivity contribution in [1.82, 2.24) is 5.32 Å². The minimum Gasteiger partial charge on any atom is -0.489 e. The molecule has 0 aliphatic heterocycles. The molecule has 0 bridgehead atoms. The molecule has 26 heavy (non-hydrogen) atoms. The molecule has 3 aromatic carbocycles. The van der Waals surface area contributed by atoms with E-state index in [4.69, 9.17) is 16.3 Å². The molecular formula is C22H22ClNO2. The summed E-state index contributed by atoms with van der Waals surface area (Å²) in [7, 11) is 0. The highest BCUT2D eigenvalue weighted by atomic mass is 35.5. The molecule has 0 aliphatic rings. The van der Waals surface area contributed by atoms with Gasteiger partial charge in [0.05, 0.1) is 6.10 Å². The fourth-order valence-electron chi connectivity index (χ4n) is 2.63. The molecule has 2 N–H and O–H groups in total. The Hall–Kier alpha value is -2.33. The van der Waals surface area contributed by atoms with Crippen molar-refractivity contribution in [3.63, 3.8) is 0 Å². The maximum Gasteiger partial charge on any atom is 0.119 e. The number of ether oxygens (including phenoxy) is 1. The van der Waals surface area contributed by atoms with E-state index in [0.717, 1.165) is 22.4 Å². The Kier molecular flexibility index (Phi) is 6.67. The van der Waals surface area contributed by atoms with Crippen LogP contribution in [0.1, 0.15) is 22.8 Å². The Morgan fingerprint density at radius 1 is 0.885 bits per heavy atom. The molecule has 3 aromatic rings. The second kappa shape index (κ2) is 9.39. The van der Waals surface area contributed by atoms with E-state index >= 15 is 0 Å². The monoisotopic (exact) mass is 367 g/mol. The Morgan fingerprint density at radius 2 is 1.58 bits per heavy atom. The summed E-state index contributed by atoms with van der Waals surface area (Å²) in [5.41, 5.74) is 3.02. The standard InChI is InChI=1S/C22H22ClNO2/c23-21-9-5-4-8-19(21)16-26-20-12-10-17(11-13-20)14-24-15-22(25)18-6-2-1-3-7-18/h1-13,22,24-25H,14-16H2. The number of benzene rings is 3. The first-order valence-corrected chi connectivity index (χ1v) is 8.99. The van der Waals surface area contributed by atoms with Gasteiger partial charge in [0.2, 0.25) is 0 Å². The van der Waals surface area contributed by atoms with E-state index < -0.39 is 6.10 Å². The number of nitrogens with one attached hydrogen (secondary N) is 1. The lowest BCUT2D eigenvalue weighted by atomic mass is 10.1. The van der Waals surface area contributed by atoms with Crippen molar-refractivity contribution >= 4 is 11.6 Å². The summed E-state index contributed by atoms with van der Waals surface area (Å²) < 4.78 is 5.78. The SMILES string of the molecule is OC(CNCc1ccc(OCc2ccccc2Cl)cc1)c1ccccc1. The third-order valence-corrected chi connectivity index (χ3v) is 4.50. The van der Waals surface area contributed by atoms with E-state index in [2.05, 4.69) is 5.32 Å². The van der Waals surface area contributed by atoms with Crippen molar-refractivity contribution in [1.29, 1.82) is 0 Å². The normalized spacial score (nSPS) is 11.9. The lowest BCUT2D eigenvalue weighted by Crippen LogP contribution is -2.20. The van der Waals surface area contributed by atoms with Gasteiger partial charge >= 0.3 is 0 Å². The van der Waals surface area contributed by atoms with Gasteiger partial charge in [0.15, 0.2) is 0 Å². The van der Waals surface area contributed by atoms with Gasteiger partial charge in [0.25, 0.3) is 0 Å². The molecule has 1 atom stereocenters. The van der Waals surface area contributed by atoms with Crippen LogP contribution in [0.15, 0.2) is 78.9 Å². The molecule has 3 rings (SSSR count). The van der Waals surface area contributed by atoms with E-state index in [0.29, 0.717) is 24.7 Å². The molecule has 0 heterocycles. The van der Waals surface area contributed by atoms with Crippen LogP contribution in [0.2, 0.25) is 5.02 Å². The molecule has 1 unspecified atom stereocenters. The van der Waals surface area contributed by atoms with Crippen LogP contribution in [0.3, 0.4) is 0 Å². The van der Waals surface area contributed by atoms with Crippen LogP contribution >= 0.6 is 11.6 Å². The lowest BCUT2D eigenvalue weighted by Gasteiger charge is -2.12. The largest absolute Gasteiger partial charge is 0.489 e. The van der Waals surface area contributed by atoms with Crippen molar-refractivity contribution in [2.45, 2.75) is 19.3 Å². The van der Waals surface area contributed by atoms with Gasteiger partial charge in [-0.15, -0.1) is 0 Å². The number of aliphatic hydroxyl groups is 1. The molecule has 0 saturated carbocycles. The molecule has 0 spiro atoms. The van der Waals surface area contributed by atoms with Gasteiger partial charge in [0.1, 0.15) is 12.4 Å². The minimum atomic E-state index is -0.505. The van der Waals surface area contributed by atoms with Crippen LogP contribution in [0.4, 0.5) is 0 Å². The molecule has 3 nitrogen and oxygen atoms in total. The van der Waals surface area contributed by atoms with E-state index in [1.54, 1.807) is 0 Å². The summed E-state index contributed by atoms with van der Waals surface area (Å²) in [5, 5.41) is 14.1. The van der Waals surface area contributed by atoms with Gasteiger partial charge in [-0.1, -0.05) is 72.3 Å². The highest BCUT2D eigenvalue weighted by molar-refractivity contribution is 6.31. The van der Waals surface area contributed by atoms with Crippen molar-refractivity contribution < 1.29 is 9.84 Å². The maximum absolute atomic E-state index is 10.1. The van der Waals surface area contributed by atoms with Crippen molar-refractivity contribution in [3.05, 3.63) is 101 Å². The van der Waals surface area contributed by atoms with Crippen LogP contribution in [0.5, 0.6) is 5.75 Å². The number of hydrogen-bond donors (Lipinski definition) is 2. The third-order valence-electron chi connectivity index (χ3n) is 4.13. The highest BCUT2D eigenvalue weighted by Gasteiger charge is 2.06. The zero-order valence-electron chi connectivity index (χ0n) is 14.4. The zero-order valence-corrected chi connectivity index (χ0v) is 15.2. The van der Waals surface area contributed by atoms with E-state index in [1.165, 1.54) is 0 Å². The number of hydrogen-bond acceptors (Lipinski definition) is 3. The lowest BCUT2D eigenvalue weighted by molar-refractivity contribution is 0.174. The third kappa shape index (κ3) is 5.33. The van der Waals surface area contributed by atoms with E-state index in [-0.39, 0.29) is 0 Å². The first kappa shape index (κ1) is 18.5. The summed E-state index contributed by atoms with van der Waals surface area (Å²) in [6.07, 6.45) is -0.505. The average molecular weight is 368 g/mol. The average Bonchev–Trinajstić information content (AvgIpc) is 2.69. The Bertz CT molecular complexity index is 806. The van der Waals surface area contributed by atoms with Gasteiger partial charge < -0.3 is 15.2 Å². The van der Waals surface area contributed by atoms with Crippen LogP contribution in [0, 0.1) is 0 Å². The quantitative estimate of drug-likeness (QED) is 0.604. The zero-order chi connectivity index (χ0) is 18.2. The molecule has 0 radical (unpaired) electrons. The summed E-state index contributed by atoms with van der Waals surface area (Å²) >= 11 is 6.13. The highest BCUT2D eigenvalue weighted by Crippen LogP contribution is 2.19. The molecule has 0 saturated heterocycles. The molecule has 0 fully saturated rings. The number of aliphatic hydroxyl groups excluding tert-OH is 1. The van der Waals surface area contributed by atoms with E-state index in [1.807, 2.05) is 78.9 Å². The second-order valence-electron chi connectivity index (χ2n) is 6.08. The van der Waals surface area contributed by atoms with Gasteiger partial charge in [0, 0.05) is 23.7 Å². The molecule has 0 aromatic heterocycles. The summed E-state index contributed by atoms with van der Waals surface area (Å²) in [4.78, 5) is 0. The summed E-state index contributed by atoms with van der Waals surface area (Å²) in [5.74, 6) is 0.804. The number of halogens is 1. The molecule has 0 amide bonds. The predicted octanol–water partition coefficient (Wildman–Crippen LogP) is 4.74. The minimum absolute atomic E-state index is 0.445.